The molecule has 0 aliphatic heterocycles. The Balaban J connectivity index is 2.88. The molecule has 1 unspecified atom stereocenters. The SMILES string of the molecule is CCCNc1ccncc1C(=O)NC(C(N)=O)C(C)C. The molecule has 110 valence electrons. The zero-order valence-electron chi connectivity index (χ0n) is 12.1. The first kappa shape index (κ1) is 15.9. The van der Waals surface area contributed by atoms with E-state index in [9.17, 15) is 9.59 Å². The Kier molecular flexibility index (Phi) is 5.96. The molecular weight excluding hydrogens is 256 g/mol. The lowest BCUT2D eigenvalue weighted by molar-refractivity contribution is -0.120. The summed E-state index contributed by atoms with van der Waals surface area (Å²) in [5, 5.41) is 5.81. The molecule has 0 saturated carbocycles. The number of carbonyl (C=O) groups excluding carboxylic acids is 2. The van der Waals surface area contributed by atoms with Crippen LogP contribution in [0.25, 0.3) is 0 Å². The summed E-state index contributed by atoms with van der Waals surface area (Å²) in [5.41, 5.74) is 6.41. The van der Waals surface area contributed by atoms with Gasteiger partial charge in [0.2, 0.25) is 5.91 Å². The molecule has 0 radical (unpaired) electrons. The van der Waals surface area contributed by atoms with Crippen LogP contribution in [0, 0.1) is 5.92 Å². The summed E-state index contributed by atoms with van der Waals surface area (Å²) in [4.78, 5) is 27.5. The smallest absolute Gasteiger partial charge is 0.255 e. The summed E-state index contributed by atoms with van der Waals surface area (Å²) in [6.07, 6.45) is 4.04. The molecule has 1 atom stereocenters. The van der Waals surface area contributed by atoms with Gasteiger partial charge < -0.3 is 16.4 Å². The molecule has 0 aromatic carbocycles. The van der Waals surface area contributed by atoms with E-state index in [1.807, 2.05) is 20.8 Å². The molecule has 6 heteroatoms. The molecule has 1 aromatic heterocycles. The highest BCUT2D eigenvalue weighted by Gasteiger charge is 2.23. The lowest BCUT2D eigenvalue weighted by atomic mass is 10.0. The van der Waals surface area contributed by atoms with E-state index >= 15 is 0 Å². The molecule has 0 bridgehead atoms. The van der Waals surface area contributed by atoms with Crippen molar-refractivity contribution in [1.82, 2.24) is 10.3 Å². The van der Waals surface area contributed by atoms with Crippen molar-refractivity contribution in [1.29, 1.82) is 0 Å². The number of primary amides is 1. The van der Waals surface area contributed by atoms with Gasteiger partial charge in [-0.3, -0.25) is 14.6 Å². The van der Waals surface area contributed by atoms with E-state index in [1.54, 1.807) is 12.3 Å². The van der Waals surface area contributed by atoms with Crippen LogP contribution in [0.15, 0.2) is 18.5 Å². The van der Waals surface area contributed by atoms with E-state index in [2.05, 4.69) is 15.6 Å². The number of anilines is 1. The minimum atomic E-state index is -0.693. The van der Waals surface area contributed by atoms with Crippen molar-refractivity contribution >= 4 is 17.5 Å². The van der Waals surface area contributed by atoms with Gasteiger partial charge in [-0.2, -0.15) is 0 Å². The second kappa shape index (κ2) is 7.47. The Hall–Kier alpha value is -2.11. The first-order chi connectivity index (χ1) is 9.47. The lowest BCUT2D eigenvalue weighted by Crippen LogP contribution is -2.47. The minimum absolute atomic E-state index is 0.0693. The van der Waals surface area contributed by atoms with Crippen molar-refractivity contribution in [2.75, 3.05) is 11.9 Å². The molecule has 1 aromatic rings. The van der Waals surface area contributed by atoms with Gasteiger partial charge in [-0.1, -0.05) is 20.8 Å². The van der Waals surface area contributed by atoms with Crippen LogP contribution >= 0.6 is 0 Å². The molecule has 0 saturated heterocycles. The van der Waals surface area contributed by atoms with Crippen LogP contribution in [0.5, 0.6) is 0 Å². The number of nitrogens with two attached hydrogens (primary N) is 1. The zero-order chi connectivity index (χ0) is 15.1. The van der Waals surface area contributed by atoms with Gasteiger partial charge in [0.05, 0.1) is 11.3 Å². The predicted molar refractivity (Wildman–Crippen MR) is 78.3 cm³/mol. The fourth-order valence-corrected chi connectivity index (χ4v) is 1.77. The monoisotopic (exact) mass is 278 g/mol. The van der Waals surface area contributed by atoms with Crippen LogP contribution in [0.1, 0.15) is 37.6 Å². The van der Waals surface area contributed by atoms with Crippen molar-refractivity contribution in [3.05, 3.63) is 24.0 Å². The first-order valence-electron chi connectivity index (χ1n) is 6.75. The average molecular weight is 278 g/mol. The fourth-order valence-electron chi connectivity index (χ4n) is 1.77. The standard InChI is InChI=1S/C14H22N4O2/c1-4-6-17-11-5-7-16-8-10(11)14(20)18-12(9(2)3)13(15)19/h5,7-9,12H,4,6H2,1-3H3,(H2,15,19)(H,16,17)(H,18,20). The third-order valence-corrected chi connectivity index (χ3v) is 2.89. The van der Waals surface area contributed by atoms with Crippen LogP contribution < -0.4 is 16.4 Å². The molecule has 6 nitrogen and oxygen atoms in total. The number of carbonyl (C=O) groups is 2. The van der Waals surface area contributed by atoms with E-state index in [4.69, 9.17) is 5.73 Å². The zero-order valence-corrected chi connectivity index (χ0v) is 12.1. The number of rotatable bonds is 7. The van der Waals surface area contributed by atoms with Gasteiger partial charge in [-0.25, -0.2) is 0 Å². The Morgan fingerprint density at radius 3 is 2.65 bits per heavy atom. The molecule has 1 heterocycles. The lowest BCUT2D eigenvalue weighted by Gasteiger charge is -2.19. The van der Waals surface area contributed by atoms with Crippen LogP contribution in [0.4, 0.5) is 5.69 Å². The van der Waals surface area contributed by atoms with Gasteiger partial charge in [0.25, 0.3) is 5.91 Å². The molecule has 0 fully saturated rings. The number of nitrogens with zero attached hydrogens (tertiary/aromatic N) is 1. The summed E-state index contributed by atoms with van der Waals surface area (Å²) in [5.74, 6) is -0.963. The Morgan fingerprint density at radius 1 is 1.40 bits per heavy atom. The maximum absolute atomic E-state index is 12.2. The minimum Gasteiger partial charge on any atom is -0.384 e. The Bertz CT molecular complexity index is 474. The van der Waals surface area contributed by atoms with Crippen LogP contribution in [-0.4, -0.2) is 29.4 Å². The van der Waals surface area contributed by atoms with Crippen LogP contribution in [-0.2, 0) is 4.79 Å². The van der Waals surface area contributed by atoms with Crippen LogP contribution in [0.3, 0.4) is 0 Å². The van der Waals surface area contributed by atoms with Gasteiger partial charge in [0.15, 0.2) is 0 Å². The number of pyridine rings is 1. The average Bonchev–Trinajstić information content (AvgIpc) is 2.41. The summed E-state index contributed by atoms with van der Waals surface area (Å²) in [6, 6.07) is 1.04. The molecular formula is C14H22N4O2. The second-order valence-electron chi connectivity index (χ2n) is 4.95. The Morgan fingerprint density at radius 2 is 2.10 bits per heavy atom. The van der Waals surface area contributed by atoms with Gasteiger partial charge in [-0.15, -0.1) is 0 Å². The van der Waals surface area contributed by atoms with Crippen molar-refractivity contribution in [2.24, 2.45) is 11.7 Å². The number of amides is 2. The highest BCUT2D eigenvalue weighted by atomic mass is 16.2. The summed E-state index contributed by atoms with van der Waals surface area (Å²) < 4.78 is 0. The third-order valence-electron chi connectivity index (χ3n) is 2.89. The predicted octanol–water partition coefficient (Wildman–Crippen LogP) is 1.14. The highest BCUT2D eigenvalue weighted by Crippen LogP contribution is 2.14. The van der Waals surface area contributed by atoms with E-state index in [0.717, 1.165) is 13.0 Å². The van der Waals surface area contributed by atoms with Gasteiger partial charge in [0, 0.05) is 18.9 Å². The number of aromatic nitrogens is 1. The number of hydrogen-bond donors (Lipinski definition) is 3. The molecule has 2 amide bonds. The van der Waals surface area contributed by atoms with E-state index in [1.165, 1.54) is 6.20 Å². The fraction of sp³-hybridized carbons (Fsp3) is 0.500. The number of hydrogen-bond acceptors (Lipinski definition) is 4. The van der Waals surface area contributed by atoms with Gasteiger partial charge >= 0.3 is 0 Å². The molecule has 0 aliphatic rings. The van der Waals surface area contributed by atoms with Crippen molar-refractivity contribution in [2.45, 2.75) is 33.2 Å². The number of nitrogens with one attached hydrogen (secondary N) is 2. The maximum Gasteiger partial charge on any atom is 0.255 e. The van der Waals surface area contributed by atoms with Gasteiger partial charge in [-0.05, 0) is 18.4 Å². The molecule has 0 aliphatic carbocycles. The highest BCUT2D eigenvalue weighted by molar-refractivity contribution is 6.01. The molecule has 1 rings (SSSR count). The summed E-state index contributed by atoms with van der Waals surface area (Å²) in [6.45, 7) is 6.45. The topological polar surface area (TPSA) is 97.1 Å². The Labute approximate surface area is 119 Å². The molecule has 4 N–H and O–H groups in total. The second-order valence-corrected chi connectivity index (χ2v) is 4.95. The third kappa shape index (κ3) is 4.22. The normalized spacial score (nSPS) is 12.0. The van der Waals surface area contributed by atoms with E-state index < -0.39 is 11.9 Å². The summed E-state index contributed by atoms with van der Waals surface area (Å²) in [7, 11) is 0. The van der Waals surface area contributed by atoms with E-state index in [-0.39, 0.29) is 11.8 Å². The van der Waals surface area contributed by atoms with Crippen LogP contribution in [0.2, 0.25) is 0 Å². The quantitative estimate of drug-likeness (QED) is 0.696. The van der Waals surface area contributed by atoms with E-state index in [0.29, 0.717) is 11.3 Å². The largest absolute Gasteiger partial charge is 0.384 e. The first-order valence-corrected chi connectivity index (χ1v) is 6.75. The van der Waals surface area contributed by atoms with Crippen molar-refractivity contribution < 1.29 is 9.59 Å². The molecule has 0 spiro atoms. The summed E-state index contributed by atoms with van der Waals surface area (Å²) >= 11 is 0. The molecule has 20 heavy (non-hydrogen) atoms. The van der Waals surface area contributed by atoms with Gasteiger partial charge in [0.1, 0.15) is 6.04 Å². The maximum atomic E-state index is 12.2. The van der Waals surface area contributed by atoms with Crippen molar-refractivity contribution in [3.8, 4) is 0 Å². The van der Waals surface area contributed by atoms with Crippen molar-refractivity contribution in [3.63, 3.8) is 0 Å².